The van der Waals surface area contributed by atoms with Crippen molar-refractivity contribution in [1.29, 1.82) is 0 Å². The fourth-order valence-electron chi connectivity index (χ4n) is 1.72. The average molecular weight is 304 g/mol. The van der Waals surface area contributed by atoms with E-state index in [9.17, 15) is 4.79 Å². The van der Waals surface area contributed by atoms with Crippen LogP contribution in [-0.2, 0) is 0 Å². The van der Waals surface area contributed by atoms with E-state index in [2.05, 4.69) is 15.3 Å². The summed E-state index contributed by atoms with van der Waals surface area (Å²) < 4.78 is 0.940. The van der Waals surface area contributed by atoms with E-state index < -0.39 is 0 Å². The van der Waals surface area contributed by atoms with Gasteiger partial charge < -0.3 is 0 Å². The number of fused-ring (bicyclic) bond motifs is 1. The quantitative estimate of drug-likeness (QED) is 0.781. The standard InChI is InChI=1S/C14H10ClN3OS/c1-8-2-3-9(7-16-8)13(19)18-14-17-11-5-4-10(15)6-12(11)20-14/h2-7H,1H3,(H,17,18,19). The van der Waals surface area contributed by atoms with Gasteiger partial charge in [-0.2, -0.15) is 0 Å². The van der Waals surface area contributed by atoms with E-state index in [1.54, 1.807) is 24.4 Å². The zero-order valence-electron chi connectivity index (χ0n) is 10.6. The van der Waals surface area contributed by atoms with Gasteiger partial charge in [-0.3, -0.25) is 15.1 Å². The minimum absolute atomic E-state index is 0.220. The molecule has 0 fully saturated rings. The maximum Gasteiger partial charge on any atom is 0.259 e. The highest BCUT2D eigenvalue weighted by atomic mass is 35.5. The topological polar surface area (TPSA) is 54.9 Å². The number of thiazole rings is 1. The van der Waals surface area contributed by atoms with Crippen molar-refractivity contribution in [2.24, 2.45) is 0 Å². The van der Waals surface area contributed by atoms with Crippen LogP contribution < -0.4 is 5.32 Å². The summed E-state index contributed by atoms with van der Waals surface area (Å²) >= 11 is 7.32. The summed E-state index contributed by atoms with van der Waals surface area (Å²) in [5.74, 6) is -0.220. The first-order valence-electron chi connectivity index (χ1n) is 5.92. The molecule has 2 heterocycles. The van der Waals surface area contributed by atoms with E-state index in [1.165, 1.54) is 11.3 Å². The van der Waals surface area contributed by atoms with Crippen LogP contribution in [0.5, 0.6) is 0 Å². The third-order valence-corrected chi connectivity index (χ3v) is 3.91. The highest BCUT2D eigenvalue weighted by Gasteiger charge is 2.10. The molecular formula is C14H10ClN3OS. The van der Waals surface area contributed by atoms with Gasteiger partial charge in [-0.25, -0.2) is 4.98 Å². The van der Waals surface area contributed by atoms with Crippen LogP contribution in [0, 0.1) is 6.92 Å². The summed E-state index contributed by atoms with van der Waals surface area (Å²) in [5.41, 5.74) is 2.20. The predicted octanol–water partition coefficient (Wildman–Crippen LogP) is 3.91. The van der Waals surface area contributed by atoms with Crippen LogP contribution in [0.2, 0.25) is 5.02 Å². The molecule has 3 aromatic rings. The Morgan fingerprint density at radius 1 is 1.30 bits per heavy atom. The molecule has 0 spiro atoms. The molecule has 3 rings (SSSR count). The van der Waals surface area contributed by atoms with E-state index in [1.807, 2.05) is 19.1 Å². The number of rotatable bonds is 2. The van der Waals surface area contributed by atoms with E-state index in [0.717, 1.165) is 15.9 Å². The van der Waals surface area contributed by atoms with Gasteiger partial charge >= 0.3 is 0 Å². The van der Waals surface area contributed by atoms with Crippen molar-refractivity contribution in [3.8, 4) is 0 Å². The smallest absolute Gasteiger partial charge is 0.259 e. The number of nitrogens with one attached hydrogen (secondary N) is 1. The molecule has 100 valence electrons. The molecule has 0 unspecified atom stereocenters. The number of aromatic nitrogens is 2. The van der Waals surface area contributed by atoms with Gasteiger partial charge in [0.05, 0.1) is 15.8 Å². The zero-order valence-corrected chi connectivity index (χ0v) is 12.1. The largest absolute Gasteiger partial charge is 0.298 e. The Morgan fingerprint density at radius 2 is 2.15 bits per heavy atom. The van der Waals surface area contributed by atoms with Crippen LogP contribution in [0.4, 0.5) is 5.13 Å². The Balaban J connectivity index is 1.85. The monoisotopic (exact) mass is 303 g/mol. The molecule has 20 heavy (non-hydrogen) atoms. The van der Waals surface area contributed by atoms with Crippen molar-refractivity contribution in [3.63, 3.8) is 0 Å². The minimum Gasteiger partial charge on any atom is -0.298 e. The second-order valence-corrected chi connectivity index (χ2v) is 5.74. The first-order chi connectivity index (χ1) is 9.61. The van der Waals surface area contributed by atoms with Crippen molar-refractivity contribution in [2.75, 3.05) is 5.32 Å². The van der Waals surface area contributed by atoms with Crippen molar-refractivity contribution in [2.45, 2.75) is 6.92 Å². The molecule has 0 saturated heterocycles. The first kappa shape index (κ1) is 13.0. The van der Waals surface area contributed by atoms with Gasteiger partial charge in [0.15, 0.2) is 5.13 Å². The Bertz CT molecular complexity index is 783. The van der Waals surface area contributed by atoms with Gasteiger partial charge in [0.2, 0.25) is 0 Å². The summed E-state index contributed by atoms with van der Waals surface area (Å²) in [6.45, 7) is 1.87. The Morgan fingerprint density at radius 3 is 2.90 bits per heavy atom. The van der Waals surface area contributed by atoms with Crippen molar-refractivity contribution < 1.29 is 4.79 Å². The van der Waals surface area contributed by atoms with Crippen LogP contribution >= 0.6 is 22.9 Å². The highest BCUT2D eigenvalue weighted by molar-refractivity contribution is 7.22. The van der Waals surface area contributed by atoms with Crippen LogP contribution in [0.25, 0.3) is 10.2 Å². The minimum atomic E-state index is -0.220. The summed E-state index contributed by atoms with van der Waals surface area (Å²) in [7, 11) is 0. The first-order valence-corrected chi connectivity index (χ1v) is 7.11. The van der Waals surface area contributed by atoms with Crippen LogP contribution in [0.3, 0.4) is 0 Å². The number of amides is 1. The van der Waals surface area contributed by atoms with E-state index in [-0.39, 0.29) is 5.91 Å². The number of benzene rings is 1. The maximum absolute atomic E-state index is 12.1. The second-order valence-electron chi connectivity index (χ2n) is 4.27. The lowest BCUT2D eigenvalue weighted by Gasteiger charge is -2.00. The molecule has 1 amide bonds. The van der Waals surface area contributed by atoms with E-state index in [0.29, 0.717) is 15.7 Å². The number of carbonyl (C=O) groups excluding carboxylic acids is 1. The number of hydrogen-bond donors (Lipinski definition) is 1. The molecule has 1 aromatic carbocycles. The number of pyridine rings is 1. The number of aryl methyl sites for hydroxylation is 1. The molecule has 0 aliphatic heterocycles. The summed E-state index contributed by atoms with van der Waals surface area (Å²) in [6, 6.07) is 8.98. The molecule has 0 aliphatic rings. The fraction of sp³-hybridized carbons (Fsp3) is 0.0714. The Labute approximate surface area is 124 Å². The molecule has 0 bridgehead atoms. The predicted molar refractivity (Wildman–Crippen MR) is 81.6 cm³/mol. The SMILES string of the molecule is Cc1ccc(C(=O)Nc2nc3ccc(Cl)cc3s2)cn1. The van der Waals surface area contributed by atoms with Gasteiger partial charge in [0.25, 0.3) is 5.91 Å². The molecule has 0 radical (unpaired) electrons. The van der Waals surface area contributed by atoms with Gasteiger partial charge in [-0.15, -0.1) is 0 Å². The third-order valence-electron chi connectivity index (χ3n) is 2.74. The number of anilines is 1. The Kier molecular flexibility index (Phi) is 3.38. The average Bonchev–Trinajstić information content (AvgIpc) is 2.80. The van der Waals surface area contributed by atoms with Crippen molar-refractivity contribution in [3.05, 3.63) is 52.8 Å². The second kappa shape index (κ2) is 5.19. The lowest BCUT2D eigenvalue weighted by atomic mass is 10.2. The summed E-state index contributed by atoms with van der Waals surface area (Å²) in [4.78, 5) is 20.5. The van der Waals surface area contributed by atoms with Crippen molar-refractivity contribution in [1.82, 2.24) is 9.97 Å². The number of hydrogen-bond acceptors (Lipinski definition) is 4. The molecule has 1 N–H and O–H groups in total. The van der Waals surface area contributed by atoms with Gasteiger partial charge in [0, 0.05) is 16.9 Å². The molecule has 0 aliphatic carbocycles. The third kappa shape index (κ3) is 2.64. The van der Waals surface area contributed by atoms with Crippen LogP contribution in [0.1, 0.15) is 16.1 Å². The van der Waals surface area contributed by atoms with Crippen LogP contribution in [-0.4, -0.2) is 15.9 Å². The fourth-order valence-corrected chi connectivity index (χ4v) is 2.86. The Hall–Kier alpha value is -1.98. The number of halogens is 1. The lowest BCUT2D eigenvalue weighted by molar-refractivity contribution is 0.102. The molecule has 0 atom stereocenters. The molecule has 0 saturated carbocycles. The molecule has 4 nitrogen and oxygen atoms in total. The van der Waals surface area contributed by atoms with E-state index in [4.69, 9.17) is 11.6 Å². The number of nitrogens with zero attached hydrogens (tertiary/aromatic N) is 2. The van der Waals surface area contributed by atoms with Gasteiger partial charge in [0.1, 0.15) is 0 Å². The molecule has 6 heteroatoms. The summed E-state index contributed by atoms with van der Waals surface area (Å²) in [5, 5.41) is 3.98. The normalized spacial score (nSPS) is 10.7. The van der Waals surface area contributed by atoms with Gasteiger partial charge in [-0.1, -0.05) is 22.9 Å². The number of carbonyl (C=O) groups is 1. The maximum atomic E-state index is 12.1. The molecular weight excluding hydrogens is 294 g/mol. The lowest BCUT2D eigenvalue weighted by Crippen LogP contribution is -2.11. The van der Waals surface area contributed by atoms with Crippen LogP contribution in [0.15, 0.2) is 36.5 Å². The summed E-state index contributed by atoms with van der Waals surface area (Å²) in [6.07, 6.45) is 1.55. The van der Waals surface area contributed by atoms with Crippen molar-refractivity contribution >= 4 is 44.2 Å². The highest BCUT2D eigenvalue weighted by Crippen LogP contribution is 2.28. The van der Waals surface area contributed by atoms with E-state index >= 15 is 0 Å². The zero-order chi connectivity index (χ0) is 14.1. The van der Waals surface area contributed by atoms with Gasteiger partial charge in [-0.05, 0) is 37.3 Å². The molecule has 2 aromatic heterocycles.